The number of hydrogen-bond acceptors (Lipinski definition) is 2. The second kappa shape index (κ2) is 10.9. The van der Waals surface area contributed by atoms with Crippen molar-refractivity contribution in [1.29, 1.82) is 0 Å². The van der Waals surface area contributed by atoms with Crippen LogP contribution in [0.1, 0.15) is 33.6 Å². The van der Waals surface area contributed by atoms with Crippen LogP contribution in [0, 0.1) is 0 Å². The van der Waals surface area contributed by atoms with E-state index in [1.165, 1.54) is 0 Å². The number of nitrogens with one attached hydrogen (secondary N) is 1. The quantitative estimate of drug-likeness (QED) is 0.301. The van der Waals surface area contributed by atoms with E-state index in [1.807, 2.05) is 6.08 Å². The number of hydrogen-bond donors (Lipinski definition) is 1. The van der Waals surface area contributed by atoms with Crippen molar-refractivity contribution in [2.45, 2.75) is 39.7 Å². The van der Waals surface area contributed by atoms with Crippen molar-refractivity contribution in [1.82, 2.24) is 15.1 Å². The lowest BCUT2D eigenvalue weighted by atomic mass is 10.3. The second-order valence-electron chi connectivity index (χ2n) is 5.16. The Labute approximate surface area is 119 Å². The lowest BCUT2D eigenvalue weighted by molar-refractivity contribution is 0.281. The molecule has 0 bridgehead atoms. The summed E-state index contributed by atoms with van der Waals surface area (Å²) < 4.78 is 0. The maximum absolute atomic E-state index is 4.68. The van der Waals surface area contributed by atoms with E-state index < -0.39 is 0 Å². The Morgan fingerprint density at radius 1 is 1.32 bits per heavy atom. The van der Waals surface area contributed by atoms with Crippen molar-refractivity contribution >= 4 is 5.96 Å². The molecule has 0 amide bonds. The van der Waals surface area contributed by atoms with Crippen molar-refractivity contribution in [3.8, 4) is 0 Å². The Kier molecular flexibility index (Phi) is 10.3. The Hall–Kier alpha value is -1.03. The molecule has 4 heteroatoms. The molecule has 0 radical (unpaired) electrons. The van der Waals surface area contributed by atoms with Gasteiger partial charge in [-0.2, -0.15) is 0 Å². The Bertz CT molecular complexity index is 261. The molecule has 0 saturated heterocycles. The van der Waals surface area contributed by atoms with Crippen LogP contribution >= 0.6 is 0 Å². The fourth-order valence-corrected chi connectivity index (χ4v) is 1.62. The summed E-state index contributed by atoms with van der Waals surface area (Å²) in [5.74, 6) is 1.00. The number of nitrogens with zero attached hydrogens (tertiary/aromatic N) is 3. The first kappa shape index (κ1) is 18.0. The van der Waals surface area contributed by atoms with Gasteiger partial charge < -0.3 is 15.1 Å². The summed E-state index contributed by atoms with van der Waals surface area (Å²) in [6, 6.07) is 0.572. The van der Waals surface area contributed by atoms with Gasteiger partial charge in [0.2, 0.25) is 0 Å². The van der Waals surface area contributed by atoms with Gasteiger partial charge in [0.15, 0.2) is 5.96 Å². The SMILES string of the molecule is C=CCCCN(C)C(=NCCN(C)C(C)C)NCC. The summed E-state index contributed by atoms with van der Waals surface area (Å²) in [4.78, 5) is 9.19. The van der Waals surface area contributed by atoms with Crippen molar-refractivity contribution < 1.29 is 0 Å². The average Bonchev–Trinajstić information content (AvgIpc) is 2.37. The topological polar surface area (TPSA) is 30.9 Å². The summed E-state index contributed by atoms with van der Waals surface area (Å²) in [6.07, 6.45) is 4.14. The third kappa shape index (κ3) is 8.65. The van der Waals surface area contributed by atoms with E-state index in [2.05, 4.69) is 61.6 Å². The molecular weight excluding hydrogens is 236 g/mol. The maximum atomic E-state index is 4.68. The fourth-order valence-electron chi connectivity index (χ4n) is 1.62. The van der Waals surface area contributed by atoms with Crippen molar-refractivity contribution in [3.63, 3.8) is 0 Å². The molecule has 0 unspecified atom stereocenters. The Balaban J connectivity index is 4.23. The summed E-state index contributed by atoms with van der Waals surface area (Å²) >= 11 is 0. The first-order valence-electron chi connectivity index (χ1n) is 7.33. The van der Waals surface area contributed by atoms with Gasteiger partial charge in [0.05, 0.1) is 6.54 Å². The van der Waals surface area contributed by atoms with Gasteiger partial charge in [-0.05, 0) is 40.7 Å². The molecule has 0 aromatic heterocycles. The van der Waals surface area contributed by atoms with Gasteiger partial charge in [-0.25, -0.2) is 0 Å². The normalized spacial score (nSPS) is 12.1. The highest BCUT2D eigenvalue weighted by atomic mass is 15.3. The van der Waals surface area contributed by atoms with Crippen LogP contribution in [0.15, 0.2) is 17.6 Å². The highest BCUT2D eigenvalue weighted by Crippen LogP contribution is 1.96. The standard InChI is InChI=1S/C15H32N4/c1-7-9-10-12-19(6)15(16-8-2)17-11-13-18(5)14(3)4/h7,14H,1,8-13H2,2-6H3,(H,16,17). The van der Waals surface area contributed by atoms with Gasteiger partial charge in [0.1, 0.15) is 0 Å². The molecule has 4 nitrogen and oxygen atoms in total. The number of unbranched alkanes of at least 4 members (excludes halogenated alkanes) is 1. The summed E-state index contributed by atoms with van der Waals surface area (Å²) in [5.41, 5.74) is 0. The van der Waals surface area contributed by atoms with Crippen LogP contribution in [0.3, 0.4) is 0 Å². The Morgan fingerprint density at radius 2 is 2.00 bits per heavy atom. The minimum atomic E-state index is 0.572. The van der Waals surface area contributed by atoms with Gasteiger partial charge in [-0.1, -0.05) is 6.08 Å². The van der Waals surface area contributed by atoms with E-state index in [1.54, 1.807) is 0 Å². The van der Waals surface area contributed by atoms with Crippen LogP contribution in [-0.2, 0) is 0 Å². The van der Waals surface area contributed by atoms with Crippen LogP contribution in [0.2, 0.25) is 0 Å². The van der Waals surface area contributed by atoms with Crippen LogP contribution in [0.25, 0.3) is 0 Å². The molecule has 0 saturated carbocycles. The van der Waals surface area contributed by atoms with E-state index in [0.717, 1.165) is 45.0 Å². The van der Waals surface area contributed by atoms with Crippen molar-refractivity contribution in [3.05, 3.63) is 12.7 Å². The number of rotatable bonds is 9. The smallest absolute Gasteiger partial charge is 0.193 e. The molecular formula is C15H32N4. The molecule has 0 spiro atoms. The number of likely N-dealkylation sites (N-methyl/N-ethyl adjacent to an activating group) is 1. The molecule has 0 aliphatic carbocycles. The van der Waals surface area contributed by atoms with E-state index in [-0.39, 0.29) is 0 Å². The van der Waals surface area contributed by atoms with Crippen molar-refractivity contribution in [2.75, 3.05) is 40.3 Å². The van der Waals surface area contributed by atoms with E-state index >= 15 is 0 Å². The molecule has 1 N–H and O–H groups in total. The number of aliphatic imine (C=N–C) groups is 1. The highest BCUT2D eigenvalue weighted by molar-refractivity contribution is 5.79. The zero-order chi connectivity index (χ0) is 14.7. The second-order valence-corrected chi connectivity index (χ2v) is 5.16. The zero-order valence-corrected chi connectivity index (χ0v) is 13.4. The van der Waals surface area contributed by atoms with Gasteiger partial charge in [-0.3, -0.25) is 4.99 Å². The number of guanidine groups is 1. The molecule has 0 aromatic rings. The predicted octanol–water partition coefficient (Wildman–Crippen LogP) is 2.19. The molecule has 0 atom stereocenters. The van der Waals surface area contributed by atoms with Gasteiger partial charge in [0, 0.05) is 32.7 Å². The first-order valence-corrected chi connectivity index (χ1v) is 7.33. The molecule has 0 aliphatic heterocycles. The third-order valence-corrected chi connectivity index (χ3v) is 3.19. The lowest BCUT2D eigenvalue weighted by Crippen LogP contribution is -2.40. The third-order valence-electron chi connectivity index (χ3n) is 3.19. The van der Waals surface area contributed by atoms with Gasteiger partial charge >= 0.3 is 0 Å². The molecule has 0 rings (SSSR count). The monoisotopic (exact) mass is 268 g/mol. The van der Waals surface area contributed by atoms with Crippen LogP contribution in [0.4, 0.5) is 0 Å². The Morgan fingerprint density at radius 3 is 2.53 bits per heavy atom. The van der Waals surface area contributed by atoms with E-state index in [0.29, 0.717) is 6.04 Å². The zero-order valence-electron chi connectivity index (χ0n) is 13.4. The number of allylic oxidation sites excluding steroid dienone is 1. The molecule has 0 fully saturated rings. The highest BCUT2D eigenvalue weighted by Gasteiger charge is 2.06. The summed E-state index contributed by atoms with van der Waals surface area (Å²) in [7, 11) is 4.23. The van der Waals surface area contributed by atoms with Crippen LogP contribution in [0.5, 0.6) is 0 Å². The van der Waals surface area contributed by atoms with Crippen molar-refractivity contribution in [2.24, 2.45) is 4.99 Å². The molecule has 19 heavy (non-hydrogen) atoms. The van der Waals surface area contributed by atoms with E-state index in [4.69, 9.17) is 0 Å². The van der Waals surface area contributed by atoms with Gasteiger partial charge in [-0.15, -0.1) is 6.58 Å². The predicted molar refractivity (Wildman–Crippen MR) is 85.8 cm³/mol. The molecule has 0 aliphatic rings. The first-order chi connectivity index (χ1) is 9.02. The maximum Gasteiger partial charge on any atom is 0.193 e. The molecule has 0 aromatic carbocycles. The molecule has 112 valence electrons. The van der Waals surface area contributed by atoms with Crippen LogP contribution < -0.4 is 5.32 Å². The minimum absolute atomic E-state index is 0.572. The van der Waals surface area contributed by atoms with Crippen LogP contribution in [-0.4, -0.2) is 62.1 Å². The van der Waals surface area contributed by atoms with E-state index in [9.17, 15) is 0 Å². The largest absolute Gasteiger partial charge is 0.357 e. The molecule has 0 heterocycles. The lowest BCUT2D eigenvalue weighted by Gasteiger charge is -2.23. The average molecular weight is 268 g/mol. The van der Waals surface area contributed by atoms with Gasteiger partial charge in [0.25, 0.3) is 0 Å². The minimum Gasteiger partial charge on any atom is -0.357 e. The fraction of sp³-hybridized carbons (Fsp3) is 0.800. The summed E-state index contributed by atoms with van der Waals surface area (Å²) in [5, 5.41) is 3.34. The summed E-state index contributed by atoms with van der Waals surface area (Å²) in [6.45, 7) is 14.0.